The topological polar surface area (TPSA) is 50.9 Å². The van der Waals surface area contributed by atoms with E-state index in [4.69, 9.17) is 5.84 Å². The summed E-state index contributed by atoms with van der Waals surface area (Å²) in [5.74, 6) is 7.15. The summed E-state index contributed by atoms with van der Waals surface area (Å²) in [6.07, 6.45) is 4.11. The second-order valence-electron chi connectivity index (χ2n) is 5.23. The molecule has 2 unspecified atom stereocenters. The summed E-state index contributed by atoms with van der Waals surface area (Å²) in [5, 5.41) is 0. The van der Waals surface area contributed by atoms with Gasteiger partial charge in [0.05, 0.1) is 0 Å². The Morgan fingerprint density at radius 3 is 3.10 bits per heavy atom. The molecule has 110 valence electrons. The Labute approximate surface area is 137 Å². The van der Waals surface area contributed by atoms with E-state index in [9.17, 15) is 0 Å². The number of hydrogen-bond donors (Lipinski definition) is 2. The van der Waals surface area contributed by atoms with E-state index in [2.05, 4.69) is 50.6 Å². The van der Waals surface area contributed by atoms with Gasteiger partial charge < -0.3 is 0 Å². The van der Waals surface area contributed by atoms with Crippen molar-refractivity contribution in [2.75, 3.05) is 5.75 Å². The van der Waals surface area contributed by atoms with Gasteiger partial charge in [0.15, 0.2) is 0 Å². The second kappa shape index (κ2) is 6.92. The fourth-order valence-electron chi connectivity index (χ4n) is 2.86. The molecule has 21 heavy (non-hydrogen) atoms. The molecule has 1 aromatic carbocycles. The van der Waals surface area contributed by atoms with Crippen LogP contribution in [0.25, 0.3) is 0 Å². The molecule has 0 bridgehead atoms. The number of aromatic nitrogens is 1. The largest absolute Gasteiger partial charge is 0.271 e. The molecular formula is C16H18BrN3S. The van der Waals surface area contributed by atoms with Crippen LogP contribution in [0.4, 0.5) is 0 Å². The van der Waals surface area contributed by atoms with E-state index in [0.29, 0.717) is 5.92 Å². The van der Waals surface area contributed by atoms with E-state index in [1.165, 1.54) is 16.2 Å². The summed E-state index contributed by atoms with van der Waals surface area (Å²) >= 11 is 5.34. The van der Waals surface area contributed by atoms with E-state index < -0.39 is 0 Å². The lowest BCUT2D eigenvalue weighted by molar-refractivity contribution is 0.468. The highest BCUT2D eigenvalue weighted by Crippen LogP contribution is 2.35. The van der Waals surface area contributed by atoms with Gasteiger partial charge in [-0.05, 0) is 42.7 Å². The Balaban J connectivity index is 1.69. The van der Waals surface area contributed by atoms with E-state index >= 15 is 0 Å². The van der Waals surface area contributed by atoms with Crippen molar-refractivity contribution in [3.05, 3.63) is 58.3 Å². The number of aryl methyl sites for hydroxylation is 1. The minimum absolute atomic E-state index is 0.241. The van der Waals surface area contributed by atoms with E-state index in [1.807, 2.05) is 30.1 Å². The van der Waals surface area contributed by atoms with Crippen molar-refractivity contribution < 1.29 is 0 Å². The third kappa shape index (κ3) is 3.48. The molecule has 3 N–H and O–H groups in total. The lowest BCUT2D eigenvalue weighted by atomic mass is 9.99. The van der Waals surface area contributed by atoms with Gasteiger partial charge >= 0.3 is 0 Å². The molecule has 2 aromatic rings. The summed E-state index contributed by atoms with van der Waals surface area (Å²) in [7, 11) is 0. The molecule has 5 heteroatoms. The number of rotatable bonds is 5. The van der Waals surface area contributed by atoms with Crippen molar-refractivity contribution in [1.82, 2.24) is 10.4 Å². The number of benzene rings is 1. The third-order valence-electron chi connectivity index (χ3n) is 3.93. The minimum Gasteiger partial charge on any atom is -0.271 e. The van der Waals surface area contributed by atoms with Gasteiger partial charge in [-0.3, -0.25) is 16.3 Å². The number of fused-ring (bicyclic) bond motifs is 1. The molecule has 0 radical (unpaired) electrons. The molecule has 2 atom stereocenters. The van der Waals surface area contributed by atoms with Crippen molar-refractivity contribution in [2.24, 2.45) is 5.84 Å². The number of nitrogens with two attached hydrogens (primary N) is 1. The monoisotopic (exact) mass is 363 g/mol. The number of thioether (sulfide) groups is 1. The zero-order valence-electron chi connectivity index (χ0n) is 11.6. The summed E-state index contributed by atoms with van der Waals surface area (Å²) in [6.45, 7) is 0. The van der Waals surface area contributed by atoms with Crippen molar-refractivity contribution in [3.8, 4) is 0 Å². The third-order valence-corrected chi connectivity index (χ3v) is 5.53. The van der Waals surface area contributed by atoms with Gasteiger partial charge in [-0.15, -0.1) is 11.8 Å². The van der Waals surface area contributed by atoms with Gasteiger partial charge in [-0.1, -0.05) is 28.1 Å². The van der Waals surface area contributed by atoms with Crippen molar-refractivity contribution in [1.29, 1.82) is 0 Å². The fraction of sp³-hybridized carbons (Fsp3) is 0.312. The molecule has 0 aliphatic heterocycles. The molecule has 0 saturated carbocycles. The van der Waals surface area contributed by atoms with Crippen LogP contribution in [0.15, 0.2) is 52.0 Å². The predicted octanol–water partition coefficient (Wildman–Crippen LogP) is 3.50. The highest BCUT2D eigenvalue weighted by molar-refractivity contribution is 9.10. The standard InChI is InChI=1S/C16H18BrN3S/c17-12-4-1-5-13(9-12)21-10-15(20-18)14-7-6-11-3-2-8-19-16(11)14/h1-5,8-9,14-15,20H,6-7,10,18H2. The molecule has 0 fully saturated rings. The van der Waals surface area contributed by atoms with Crippen LogP contribution in [0.3, 0.4) is 0 Å². The first-order valence-corrected chi connectivity index (χ1v) is 8.84. The Hall–Kier alpha value is -0.880. The fourth-order valence-corrected chi connectivity index (χ4v) is 4.50. The lowest BCUT2D eigenvalue weighted by Crippen LogP contribution is -2.41. The number of halogens is 1. The summed E-state index contributed by atoms with van der Waals surface area (Å²) in [4.78, 5) is 5.82. The zero-order chi connectivity index (χ0) is 14.7. The number of hydrogen-bond acceptors (Lipinski definition) is 4. The SMILES string of the molecule is NNC(CSc1cccc(Br)c1)C1CCc2cccnc21. The number of pyridine rings is 1. The Bertz CT molecular complexity index is 620. The van der Waals surface area contributed by atoms with Gasteiger partial charge in [0.1, 0.15) is 0 Å². The first-order chi connectivity index (χ1) is 10.3. The zero-order valence-corrected chi connectivity index (χ0v) is 14.0. The van der Waals surface area contributed by atoms with Crippen LogP contribution in [0.5, 0.6) is 0 Å². The van der Waals surface area contributed by atoms with Gasteiger partial charge in [-0.2, -0.15) is 0 Å². The lowest BCUT2D eigenvalue weighted by Gasteiger charge is -2.22. The quantitative estimate of drug-likeness (QED) is 0.484. The van der Waals surface area contributed by atoms with Crippen molar-refractivity contribution in [3.63, 3.8) is 0 Å². The smallest absolute Gasteiger partial charge is 0.0482 e. The first kappa shape index (κ1) is 15.0. The maximum Gasteiger partial charge on any atom is 0.0482 e. The first-order valence-electron chi connectivity index (χ1n) is 7.06. The number of hydrazine groups is 1. The molecule has 0 spiro atoms. The highest BCUT2D eigenvalue weighted by Gasteiger charge is 2.30. The maximum atomic E-state index is 5.80. The van der Waals surface area contributed by atoms with Crippen LogP contribution < -0.4 is 11.3 Å². The summed E-state index contributed by atoms with van der Waals surface area (Å²) < 4.78 is 1.11. The van der Waals surface area contributed by atoms with Gasteiger partial charge in [-0.25, -0.2) is 0 Å². The normalized spacial score (nSPS) is 18.5. The van der Waals surface area contributed by atoms with Gasteiger partial charge in [0.2, 0.25) is 0 Å². The number of nitrogens with zero attached hydrogens (tertiary/aromatic N) is 1. The van der Waals surface area contributed by atoms with Crippen LogP contribution in [-0.4, -0.2) is 16.8 Å². The molecule has 3 nitrogen and oxygen atoms in total. The van der Waals surface area contributed by atoms with Crippen LogP contribution in [-0.2, 0) is 6.42 Å². The van der Waals surface area contributed by atoms with Crippen molar-refractivity contribution in [2.45, 2.75) is 29.7 Å². The minimum atomic E-state index is 0.241. The summed E-state index contributed by atoms with van der Waals surface area (Å²) in [5.41, 5.74) is 5.59. The Morgan fingerprint density at radius 1 is 1.38 bits per heavy atom. The molecule has 1 heterocycles. The van der Waals surface area contributed by atoms with Gasteiger partial charge in [0, 0.05) is 39.0 Å². The van der Waals surface area contributed by atoms with Gasteiger partial charge in [0.25, 0.3) is 0 Å². The average Bonchev–Trinajstić information content (AvgIpc) is 2.92. The van der Waals surface area contributed by atoms with E-state index in [0.717, 1.165) is 23.1 Å². The molecule has 0 saturated heterocycles. The molecule has 0 amide bonds. The molecule has 3 rings (SSSR count). The Morgan fingerprint density at radius 2 is 2.29 bits per heavy atom. The second-order valence-corrected chi connectivity index (χ2v) is 7.24. The molecule has 1 aromatic heterocycles. The molecule has 1 aliphatic carbocycles. The molecule has 1 aliphatic rings. The Kier molecular flexibility index (Phi) is 4.95. The van der Waals surface area contributed by atoms with E-state index in [1.54, 1.807) is 0 Å². The summed E-state index contributed by atoms with van der Waals surface area (Å²) in [6, 6.07) is 12.8. The average molecular weight is 364 g/mol. The predicted molar refractivity (Wildman–Crippen MR) is 91.3 cm³/mol. The highest BCUT2D eigenvalue weighted by atomic mass is 79.9. The van der Waals surface area contributed by atoms with Crippen LogP contribution in [0.2, 0.25) is 0 Å². The number of nitrogens with one attached hydrogen (secondary N) is 1. The van der Waals surface area contributed by atoms with Crippen LogP contribution in [0, 0.1) is 0 Å². The maximum absolute atomic E-state index is 5.80. The van der Waals surface area contributed by atoms with Crippen LogP contribution in [0.1, 0.15) is 23.6 Å². The van der Waals surface area contributed by atoms with Crippen molar-refractivity contribution >= 4 is 27.7 Å². The molecular weight excluding hydrogens is 346 g/mol. The van der Waals surface area contributed by atoms with Crippen LogP contribution >= 0.6 is 27.7 Å². The van der Waals surface area contributed by atoms with E-state index in [-0.39, 0.29) is 6.04 Å².